The van der Waals surface area contributed by atoms with Crippen molar-refractivity contribution >= 4 is 29.2 Å². The van der Waals surface area contributed by atoms with Gasteiger partial charge in [-0.3, -0.25) is 4.98 Å². The topological polar surface area (TPSA) is 57.7 Å². The molecule has 0 aliphatic carbocycles. The van der Waals surface area contributed by atoms with E-state index in [9.17, 15) is 22.4 Å². The number of benzene rings is 1. The van der Waals surface area contributed by atoms with Gasteiger partial charge in [-0.2, -0.15) is 13.2 Å². The fourth-order valence-electron chi connectivity index (χ4n) is 2.11. The van der Waals surface area contributed by atoms with E-state index in [-0.39, 0.29) is 28.6 Å². The van der Waals surface area contributed by atoms with Crippen molar-refractivity contribution in [1.82, 2.24) is 4.98 Å². The molecule has 1 atom stereocenters. The number of hydrogen-bond donors (Lipinski definition) is 0. The van der Waals surface area contributed by atoms with E-state index in [0.717, 1.165) is 12.1 Å². The van der Waals surface area contributed by atoms with Gasteiger partial charge in [0, 0.05) is 18.9 Å². The SMILES string of the molecule is CCOC(=O)C(OC)Oc1cc(-c2ncc(C(F)(F)F)cc2Cl)c(F)cc1Cl. The Hall–Kier alpha value is -2.10. The summed E-state index contributed by atoms with van der Waals surface area (Å²) in [7, 11) is 1.17. The molecular weight excluding hydrogens is 429 g/mol. The molecule has 2 rings (SSSR count). The minimum Gasteiger partial charge on any atom is -0.461 e. The lowest BCUT2D eigenvalue weighted by Gasteiger charge is -2.18. The van der Waals surface area contributed by atoms with Crippen LogP contribution in [0.5, 0.6) is 5.75 Å². The molecule has 28 heavy (non-hydrogen) atoms. The number of ether oxygens (including phenoxy) is 3. The van der Waals surface area contributed by atoms with E-state index in [0.29, 0.717) is 12.3 Å². The molecule has 0 fully saturated rings. The summed E-state index contributed by atoms with van der Waals surface area (Å²) in [6.07, 6.45) is -5.63. The van der Waals surface area contributed by atoms with Crippen LogP contribution in [0.1, 0.15) is 12.5 Å². The zero-order valence-corrected chi connectivity index (χ0v) is 16.0. The summed E-state index contributed by atoms with van der Waals surface area (Å²) in [6, 6.07) is 2.51. The highest BCUT2D eigenvalue weighted by Crippen LogP contribution is 2.38. The Labute approximate surface area is 167 Å². The maximum Gasteiger partial charge on any atom is 0.417 e. The van der Waals surface area contributed by atoms with E-state index in [1.165, 1.54) is 7.11 Å². The van der Waals surface area contributed by atoms with Gasteiger partial charge in [0.15, 0.2) is 0 Å². The Morgan fingerprint density at radius 2 is 1.89 bits per heavy atom. The summed E-state index contributed by atoms with van der Waals surface area (Å²) in [4.78, 5) is 15.4. The van der Waals surface area contributed by atoms with Crippen LogP contribution < -0.4 is 4.74 Å². The number of carbonyl (C=O) groups excluding carboxylic acids is 1. The molecule has 1 heterocycles. The number of rotatable bonds is 6. The Balaban J connectivity index is 2.45. The standard InChI is InChI=1S/C17H13Cl2F4NO4/c1-3-27-15(25)16(26-2)28-13-5-9(12(20)6-10(13)18)14-11(19)4-8(7-24-14)17(21,22)23/h4-7,16H,3H2,1-2H3. The van der Waals surface area contributed by atoms with Crippen LogP contribution in [0.4, 0.5) is 17.6 Å². The molecule has 1 aromatic heterocycles. The Bertz CT molecular complexity index is 877. The largest absolute Gasteiger partial charge is 0.461 e. The van der Waals surface area contributed by atoms with E-state index in [2.05, 4.69) is 4.98 Å². The summed E-state index contributed by atoms with van der Waals surface area (Å²) in [5, 5.41) is -0.647. The van der Waals surface area contributed by atoms with Crippen LogP contribution in [0.25, 0.3) is 11.3 Å². The quantitative estimate of drug-likeness (QED) is 0.353. The fourth-order valence-corrected chi connectivity index (χ4v) is 2.57. The molecule has 0 aliphatic heterocycles. The van der Waals surface area contributed by atoms with Gasteiger partial charge < -0.3 is 14.2 Å². The van der Waals surface area contributed by atoms with E-state index >= 15 is 0 Å². The first-order valence-corrected chi connectivity index (χ1v) is 8.42. The lowest BCUT2D eigenvalue weighted by atomic mass is 10.1. The van der Waals surface area contributed by atoms with E-state index in [1.54, 1.807) is 6.92 Å². The van der Waals surface area contributed by atoms with Gasteiger partial charge in [0.2, 0.25) is 0 Å². The molecular formula is C17H13Cl2F4NO4. The second-order valence-electron chi connectivity index (χ2n) is 5.25. The van der Waals surface area contributed by atoms with Gasteiger partial charge in [0.05, 0.1) is 27.9 Å². The highest BCUT2D eigenvalue weighted by atomic mass is 35.5. The molecule has 0 saturated carbocycles. The van der Waals surface area contributed by atoms with Crippen molar-refractivity contribution < 1.29 is 36.6 Å². The normalized spacial score (nSPS) is 12.6. The monoisotopic (exact) mass is 441 g/mol. The number of hydrogen-bond acceptors (Lipinski definition) is 5. The Morgan fingerprint density at radius 1 is 1.21 bits per heavy atom. The number of carbonyl (C=O) groups is 1. The van der Waals surface area contributed by atoms with Crippen molar-refractivity contribution in [2.24, 2.45) is 0 Å². The summed E-state index contributed by atoms with van der Waals surface area (Å²) in [5.41, 5.74) is -1.63. The van der Waals surface area contributed by atoms with Crippen LogP contribution in [0, 0.1) is 5.82 Å². The predicted molar refractivity (Wildman–Crippen MR) is 92.7 cm³/mol. The molecule has 0 bridgehead atoms. The number of esters is 1. The van der Waals surface area contributed by atoms with Crippen molar-refractivity contribution in [3.63, 3.8) is 0 Å². The molecule has 5 nitrogen and oxygen atoms in total. The fraction of sp³-hybridized carbons (Fsp3) is 0.294. The molecule has 1 unspecified atom stereocenters. The molecule has 0 spiro atoms. The Kier molecular flexibility index (Phi) is 7.08. The van der Waals surface area contributed by atoms with Gasteiger partial charge in [-0.05, 0) is 25.1 Å². The van der Waals surface area contributed by atoms with Gasteiger partial charge >= 0.3 is 12.1 Å². The van der Waals surface area contributed by atoms with Crippen LogP contribution in [0.2, 0.25) is 10.0 Å². The third-order valence-electron chi connectivity index (χ3n) is 3.37. The molecule has 152 valence electrons. The highest BCUT2D eigenvalue weighted by Gasteiger charge is 2.32. The maximum atomic E-state index is 14.3. The first-order valence-electron chi connectivity index (χ1n) is 7.66. The average Bonchev–Trinajstić information content (AvgIpc) is 2.61. The zero-order valence-electron chi connectivity index (χ0n) is 14.4. The van der Waals surface area contributed by atoms with Crippen LogP contribution in [-0.2, 0) is 20.4 Å². The lowest BCUT2D eigenvalue weighted by molar-refractivity contribution is -0.172. The summed E-state index contributed by atoms with van der Waals surface area (Å²) >= 11 is 11.8. The first-order chi connectivity index (χ1) is 13.1. The van der Waals surface area contributed by atoms with Gasteiger partial charge in [0.1, 0.15) is 11.6 Å². The highest BCUT2D eigenvalue weighted by molar-refractivity contribution is 6.33. The van der Waals surface area contributed by atoms with Gasteiger partial charge in [-0.25, -0.2) is 9.18 Å². The van der Waals surface area contributed by atoms with Crippen molar-refractivity contribution in [3.8, 4) is 17.0 Å². The van der Waals surface area contributed by atoms with Gasteiger partial charge in [0.25, 0.3) is 6.29 Å². The molecule has 11 heteroatoms. The van der Waals surface area contributed by atoms with Gasteiger partial charge in [-0.15, -0.1) is 0 Å². The van der Waals surface area contributed by atoms with Crippen molar-refractivity contribution in [3.05, 3.63) is 45.8 Å². The van der Waals surface area contributed by atoms with Crippen molar-refractivity contribution in [2.75, 3.05) is 13.7 Å². The number of pyridine rings is 1. The third-order valence-corrected chi connectivity index (χ3v) is 3.96. The maximum absolute atomic E-state index is 14.3. The number of nitrogens with zero attached hydrogens (tertiary/aromatic N) is 1. The smallest absolute Gasteiger partial charge is 0.417 e. The molecule has 0 amide bonds. The second-order valence-corrected chi connectivity index (χ2v) is 6.07. The second kappa shape index (κ2) is 8.93. The van der Waals surface area contributed by atoms with Gasteiger partial charge in [-0.1, -0.05) is 23.2 Å². The van der Waals surface area contributed by atoms with Crippen LogP contribution in [-0.4, -0.2) is 31.0 Å². The molecule has 0 aliphatic rings. The first kappa shape index (κ1) is 22.2. The lowest BCUT2D eigenvalue weighted by Crippen LogP contribution is -2.31. The zero-order chi connectivity index (χ0) is 21.1. The number of alkyl halides is 3. The van der Waals surface area contributed by atoms with Crippen LogP contribution in [0.3, 0.4) is 0 Å². The van der Waals surface area contributed by atoms with E-state index < -0.39 is 34.8 Å². The molecule has 2 aromatic rings. The average molecular weight is 442 g/mol. The Morgan fingerprint density at radius 3 is 2.43 bits per heavy atom. The molecule has 0 N–H and O–H groups in total. The summed E-state index contributed by atoms with van der Waals surface area (Å²) in [5.74, 6) is -1.94. The van der Waals surface area contributed by atoms with Crippen LogP contribution >= 0.6 is 23.2 Å². The predicted octanol–water partition coefficient (Wildman–Crippen LogP) is 5.13. The van der Waals surface area contributed by atoms with Crippen molar-refractivity contribution in [2.45, 2.75) is 19.4 Å². The van der Waals surface area contributed by atoms with E-state index in [1.807, 2.05) is 0 Å². The number of methoxy groups -OCH3 is 1. The molecule has 0 saturated heterocycles. The van der Waals surface area contributed by atoms with Crippen LogP contribution in [0.15, 0.2) is 24.4 Å². The molecule has 1 aromatic carbocycles. The van der Waals surface area contributed by atoms with E-state index in [4.69, 9.17) is 37.4 Å². The molecule has 0 radical (unpaired) electrons. The summed E-state index contributed by atoms with van der Waals surface area (Å²) < 4.78 is 67.5. The number of aromatic nitrogens is 1. The number of halogens is 6. The minimum absolute atomic E-state index is 0.0650. The summed E-state index contributed by atoms with van der Waals surface area (Å²) in [6.45, 7) is 1.64. The minimum atomic E-state index is -4.66. The van der Waals surface area contributed by atoms with Crippen molar-refractivity contribution in [1.29, 1.82) is 0 Å². The third kappa shape index (κ3) is 5.03.